The van der Waals surface area contributed by atoms with Crippen molar-refractivity contribution in [1.82, 2.24) is 4.90 Å². The third-order valence-corrected chi connectivity index (χ3v) is 4.98. The second-order valence-corrected chi connectivity index (χ2v) is 6.70. The average molecular weight is 404 g/mol. The molecule has 0 spiro atoms. The molecular weight excluding hydrogens is 378 g/mol. The molecule has 0 aromatic heterocycles. The minimum Gasteiger partial charge on any atom is -0.497 e. The van der Waals surface area contributed by atoms with E-state index >= 15 is 0 Å². The molecule has 25 heavy (non-hydrogen) atoms. The van der Waals surface area contributed by atoms with Gasteiger partial charge in [-0.05, 0) is 55.7 Å². The Morgan fingerprint density at radius 1 is 1.00 bits per heavy atom. The van der Waals surface area contributed by atoms with Crippen molar-refractivity contribution in [3.05, 3.63) is 65.2 Å². The smallest absolute Gasteiger partial charge is 0.253 e. The lowest BCUT2D eigenvalue weighted by molar-refractivity contribution is 0.0773. The van der Waals surface area contributed by atoms with Gasteiger partial charge in [0.2, 0.25) is 0 Å². The number of hydrogen-bond acceptors (Lipinski definition) is 2. The number of rotatable bonds is 8. The summed E-state index contributed by atoms with van der Waals surface area (Å²) >= 11 is 3.56. The summed E-state index contributed by atoms with van der Waals surface area (Å²) in [6.45, 7) is 5.47. The van der Waals surface area contributed by atoms with Crippen molar-refractivity contribution in [3.8, 4) is 5.75 Å². The predicted octanol–water partition coefficient (Wildman–Crippen LogP) is 5.09. The molecule has 0 heterocycles. The molecule has 0 saturated heterocycles. The van der Waals surface area contributed by atoms with Crippen LogP contribution >= 0.6 is 15.9 Å². The number of benzene rings is 2. The van der Waals surface area contributed by atoms with Crippen LogP contribution in [0.5, 0.6) is 5.75 Å². The molecule has 0 aliphatic heterocycles. The van der Waals surface area contributed by atoms with E-state index in [9.17, 15) is 4.79 Å². The molecule has 2 aromatic carbocycles. The maximum absolute atomic E-state index is 12.5. The number of amides is 1. The molecule has 1 amide bonds. The van der Waals surface area contributed by atoms with E-state index in [4.69, 9.17) is 4.74 Å². The minimum absolute atomic E-state index is 0.0954. The highest BCUT2D eigenvalue weighted by Crippen LogP contribution is 2.30. The van der Waals surface area contributed by atoms with Crippen LogP contribution in [0, 0.1) is 0 Å². The van der Waals surface area contributed by atoms with E-state index < -0.39 is 0 Å². The third kappa shape index (κ3) is 4.85. The quantitative estimate of drug-likeness (QED) is 0.574. The summed E-state index contributed by atoms with van der Waals surface area (Å²) in [5.41, 5.74) is 3.23. The first-order valence-electron chi connectivity index (χ1n) is 8.73. The van der Waals surface area contributed by atoms with Crippen molar-refractivity contribution in [3.63, 3.8) is 0 Å². The Balaban J connectivity index is 2.25. The van der Waals surface area contributed by atoms with Crippen LogP contribution in [0.2, 0.25) is 0 Å². The summed E-state index contributed by atoms with van der Waals surface area (Å²) in [6.07, 6.45) is 0.996. The van der Waals surface area contributed by atoms with E-state index in [0.29, 0.717) is 5.92 Å². The first-order valence-corrected chi connectivity index (χ1v) is 9.85. The number of hydrogen-bond donors (Lipinski definition) is 0. The fourth-order valence-corrected chi connectivity index (χ4v) is 3.48. The monoisotopic (exact) mass is 403 g/mol. The van der Waals surface area contributed by atoms with Crippen LogP contribution in [-0.2, 0) is 0 Å². The van der Waals surface area contributed by atoms with Crippen molar-refractivity contribution in [2.45, 2.75) is 26.2 Å². The van der Waals surface area contributed by atoms with Gasteiger partial charge in [0, 0.05) is 29.9 Å². The molecule has 1 atom stereocenters. The Morgan fingerprint density at radius 2 is 1.52 bits per heavy atom. The number of nitrogens with zero attached hydrogens (tertiary/aromatic N) is 1. The fourth-order valence-electron chi connectivity index (χ4n) is 3.02. The van der Waals surface area contributed by atoms with Crippen molar-refractivity contribution >= 4 is 21.8 Å². The van der Waals surface area contributed by atoms with Crippen LogP contribution in [0.3, 0.4) is 0 Å². The van der Waals surface area contributed by atoms with Crippen LogP contribution in [0.1, 0.15) is 47.7 Å². The molecule has 4 heteroatoms. The van der Waals surface area contributed by atoms with Gasteiger partial charge in [-0.3, -0.25) is 4.79 Å². The van der Waals surface area contributed by atoms with Crippen LogP contribution in [0.4, 0.5) is 0 Å². The Labute approximate surface area is 159 Å². The van der Waals surface area contributed by atoms with Crippen LogP contribution in [0.15, 0.2) is 48.5 Å². The average Bonchev–Trinajstić information content (AvgIpc) is 2.67. The maximum atomic E-state index is 12.5. The molecule has 134 valence electrons. The number of halogens is 1. The molecular formula is C21H26BrNO2. The molecule has 0 N–H and O–H groups in total. The van der Waals surface area contributed by atoms with E-state index in [1.54, 1.807) is 7.11 Å². The molecule has 3 nitrogen and oxygen atoms in total. The number of carbonyl (C=O) groups is 1. The largest absolute Gasteiger partial charge is 0.497 e. The molecule has 2 aromatic rings. The summed E-state index contributed by atoms with van der Waals surface area (Å²) in [7, 11) is 1.68. The summed E-state index contributed by atoms with van der Waals surface area (Å²) in [5, 5.41) is 0.920. The first kappa shape index (κ1) is 19.5. The number of ether oxygens (including phenoxy) is 1. The maximum Gasteiger partial charge on any atom is 0.253 e. The molecule has 0 saturated carbocycles. The zero-order valence-corrected chi connectivity index (χ0v) is 16.8. The van der Waals surface area contributed by atoms with E-state index in [-0.39, 0.29) is 5.91 Å². The standard InChI is InChI=1S/C21H26BrNO2/c1-4-23(5-2)21(24)18-8-6-16(7-9-18)20(14-15-22)17-10-12-19(25-3)13-11-17/h6-13,20H,4-5,14-15H2,1-3H3. The molecule has 0 fully saturated rings. The number of methoxy groups -OCH3 is 1. The van der Waals surface area contributed by atoms with Gasteiger partial charge >= 0.3 is 0 Å². The third-order valence-electron chi connectivity index (χ3n) is 4.53. The summed E-state index contributed by atoms with van der Waals surface area (Å²) in [5.74, 6) is 1.25. The van der Waals surface area contributed by atoms with Gasteiger partial charge in [-0.25, -0.2) is 0 Å². The lowest BCUT2D eigenvalue weighted by Crippen LogP contribution is -2.30. The Morgan fingerprint density at radius 3 is 1.96 bits per heavy atom. The van der Waals surface area contributed by atoms with Crippen molar-refractivity contribution in [1.29, 1.82) is 0 Å². The lowest BCUT2D eigenvalue weighted by atomic mass is 9.88. The van der Waals surface area contributed by atoms with Crippen LogP contribution in [0.25, 0.3) is 0 Å². The SMILES string of the molecule is CCN(CC)C(=O)c1ccc(C(CCBr)c2ccc(OC)cc2)cc1. The normalized spacial score (nSPS) is 11.8. The molecule has 0 radical (unpaired) electrons. The lowest BCUT2D eigenvalue weighted by Gasteiger charge is -2.20. The van der Waals surface area contributed by atoms with E-state index in [0.717, 1.165) is 36.2 Å². The zero-order valence-electron chi connectivity index (χ0n) is 15.2. The molecule has 0 aliphatic carbocycles. The summed E-state index contributed by atoms with van der Waals surface area (Å²) in [4.78, 5) is 14.3. The Kier molecular flexibility index (Phi) is 7.51. The second-order valence-electron chi connectivity index (χ2n) is 5.90. The van der Waals surface area contributed by atoms with Crippen molar-refractivity contribution < 1.29 is 9.53 Å². The predicted molar refractivity (Wildman–Crippen MR) is 107 cm³/mol. The van der Waals surface area contributed by atoms with Gasteiger partial charge in [-0.15, -0.1) is 0 Å². The fraction of sp³-hybridized carbons (Fsp3) is 0.381. The highest BCUT2D eigenvalue weighted by atomic mass is 79.9. The zero-order chi connectivity index (χ0) is 18.2. The second kappa shape index (κ2) is 9.62. The molecule has 0 aliphatic rings. The van der Waals surface area contributed by atoms with Gasteiger partial charge in [0.15, 0.2) is 0 Å². The topological polar surface area (TPSA) is 29.5 Å². The van der Waals surface area contributed by atoms with Gasteiger partial charge in [0.1, 0.15) is 5.75 Å². The van der Waals surface area contributed by atoms with E-state index in [1.807, 2.05) is 43.0 Å². The van der Waals surface area contributed by atoms with Crippen molar-refractivity contribution in [2.75, 3.05) is 25.5 Å². The van der Waals surface area contributed by atoms with Gasteiger partial charge in [-0.1, -0.05) is 40.2 Å². The van der Waals surface area contributed by atoms with Gasteiger partial charge < -0.3 is 9.64 Å². The van der Waals surface area contributed by atoms with E-state index in [2.05, 4.69) is 40.2 Å². The molecule has 0 bridgehead atoms. The minimum atomic E-state index is 0.0954. The van der Waals surface area contributed by atoms with Crippen molar-refractivity contribution in [2.24, 2.45) is 0 Å². The highest BCUT2D eigenvalue weighted by molar-refractivity contribution is 9.09. The van der Waals surface area contributed by atoms with Crippen LogP contribution in [-0.4, -0.2) is 36.3 Å². The Bertz CT molecular complexity index is 663. The molecule has 1 unspecified atom stereocenters. The highest BCUT2D eigenvalue weighted by Gasteiger charge is 2.16. The summed E-state index contributed by atoms with van der Waals surface area (Å²) < 4.78 is 5.25. The van der Waals surface area contributed by atoms with Gasteiger partial charge in [0.25, 0.3) is 5.91 Å². The Hall–Kier alpha value is -1.81. The van der Waals surface area contributed by atoms with E-state index in [1.165, 1.54) is 11.1 Å². The van der Waals surface area contributed by atoms with Crippen LogP contribution < -0.4 is 4.74 Å². The van der Waals surface area contributed by atoms with Gasteiger partial charge in [0.05, 0.1) is 7.11 Å². The number of alkyl halides is 1. The summed E-state index contributed by atoms with van der Waals surface area (Å²) in [6, 6.07) is 16.3. The molecule has 2 rings (SSSR count). The number of carbonyl (C=O) groups excluding carboxylic acids is 1. The van der Waals surface area contributed by atoms with Gasteiger partial charge in [-0.2, -0.15) is 0 Å². The first-order chi connectivity index (χ1) is 12.1.